The molecule has 0 bridgehead atoms. The van der Waals surface area contributed by atoms with Crippen molar-refractivity contribution in [3.8, 4) is 0 Å². The fourth-order valence-electron chi connectivity index (χ4n) is 2.60. The predicted octanol–water partition coefficient (Wildman–Crippen LogP) is 2.99. The Labute approximate surface area is 149 Å². The van der Waals surface area contributed by atoms with Crippen LogP contribution >= 0.6 is 23.2 Å². The Balaban J connectivity index is 1.66. The first-order chi connectivity index (χ1) is 11.6. The topological polar surface area (TPSA) is 53.5 Å². The van der Waals surface area contributed by atoms with Crippen LogP contribution in [0.5, 0.6) is 0 Å². The quantitative estimate of drug-likeness (QED) is 0.823. The zero-order valence-electron chi connectivity index (χ0n) is 12.8. The summed E-state index contributed by atoms with van der Waals surface area (Å²) in [4.78, 5) is 32.4. The molecule has 0 aliphatic carbocycles. The van der Waals surface area contributed by atoms with Crippen LogP contribution in [0.4, 0.5) is 0 Å². The van der Waals surface area contributed by atoms with Crippen LogP contribution in [-0.4, -0.2) is 52.8 Å². The number of rotatable bonds is 2. The summed E-state index contributed by atoms with van der Waals surface area (Å²) < 4.78 is 0. The number of carbonyl (C=O) groups is 2. The van der Waals surface area contributed by atoms with Crippen molar-refractivity contribution in [3.63, 3.8) is 0 Å². The molecule has 7 heteroatoms. The molecule has 0 atom stereocenters. The molecule has 0 unspecified atom stereocenters. The lowest BCUT2D eigenvalue weighted by molar-refractivity contribution is 0.0532. The maximum absolute atomic E-state index is 12.6. The summed E-state index contributed by atoms with van der Waals surface area (Å²) in [7, 11) is 0. The molecule has 124 valence electrons. The van der Waals surface area contributed by atoms with Crippen LogP contribution in [-0.2, 0) is 0 Å². The molecule has 2 amide bonds. The van der Waals surface area contributed by atoms with E-state index in [2.05, 4.69) is 4.98 Å². The summed E-state index contributed by atoms with van der Waals surface area (Å²) in [6.07, 6.45) is 1.59. The van der Waals surface area contributed by atoms with E-state index in [1.54, 1.807) is 52.4 Å². The zero-order valence-corrected chi connectivity index (χ0v) is 14.3. The van der Waals surface area contributed by atoms with E-state index in [4.69, 9.17) is 23.2 Å². The van der Waals surface area contributed by atoms with Gasteiger partial charge in [-0.2, -0.15) is 0 Å². The Morgan fingerprint density at radius 3 is 2.21 bits per heavy atom. The van der Waals surface area contributed by atoms with Gasteiger partial charge in [-0.3, -0.25) is 14.6 Å². The highest BCUT2D eigenvalue weighted by molar-refractivity contribution is 6.35. The third kappa shape index (κ3) is 3.52. The van der Waals surface area contributed by atoms with Crippen LogP contribution in [0.1, 0.15) is 20.8 Å². The fourth-order valence-corrected chi connectivity index (χ4v) is 2.97. The number of nitrogens with zero attached hydrogens (tertiary/aromatic N) is 3. The molecule has 0 N–H and O–H groups in total. The molecule has 5 nitrogen and oxygen atoms in total. The number of carbonyl (C=O) groups excluding carboxylic acids is 2. The van der Waals surface area contributed by atoms with Crippen LogP contribution in [0.15, 0.2) is 42.6 Å². The molecular weight excluding hydrogens is 349 g/mol. The number of piperazine rings is 1. The number of aromatic nitrogens is 1. The second-order valence-electron chi connectivity index (χ2n) is 5.42. The molecule has 1 aliphatic rings. The van der Waals surface area contributed by atoms with Gasteiger partial charge in [0.15, 0.2) is 0 Å². The Hall–Kier alpha value is -2.11. The number of benzene rings is 1. The van der Waals surface area contributed by atoms with E-state index >= 15 is 0 Å². The van der Waals surface area contributed by atoms with E-state index in [-0.39, 0.29) is 11.8 Å². The SMILES string of the molecule is O=C(c1ccccn1)N1CCN(C(=O)c2cc(Cl)ccc2Cl)CC1. The van der Waals surface area contributed by atoms with Crippen molar-refractivity contribution in [2.45, 2.75) is 0 Å². The standard InChI is InChI=1S/C17H15Cl2N3O2/c18-12-4-5-14(19)13(11-12)16(23)21-7-9-22(10-8-21)17(24)15-3-1-2-6-20-15/h1-6,11H,7-10H2. The van der Waals surface area contributed by atoms with Crippen LogP contribution in [0, 0.1) is 0 Å². The van der Waals surface area contributed by atoms with E-state index in [9.17, 15) is 9.59 Å². The number of amides is 2. The third-order valence-electron chi connectivity index (χ3n) is 3.90. The van der Waals surface area contributed by atoms with Gasteiger partial charge < -0.3 is 9.80 Å². The number of hydrogen-bond donors (Lipinski definition) is 0. The molecule has 3 rings (SSSR count). The van der Waals surface area contributed by atoms with Gasteiger partial charge in [0.25, 0.3) is 11.8 Å². The van der Waals surface area contributed by atoms with Crippen molar-refractivity contribution >= 4 is 35.0 Å². The van der Waals surface area contributed by atoms with Crippen molar-refractivity contribution in [2.75, 3.05) is 26.2 Å². The third-order valence-corrected chi connectivity index (χ3v) is 4.46. The number of pyridine rings is 1. The van der Waals surface area contributed by atoms with E-state index < -0.39 is 0 Å². The van der Waals surface area contributed by atoms with Gasteiger partial charge in [-0.15, -0.1) is 0 Å². The van der Waals surface area contributed by atoms with Crippen molar-refractivity contribution in [1.82, 2.24) is 14.8 Å². The van der Waals surface area contributed by atoms with Gasteiger partial charge in [-0.05, 0) is 30.3 Å². The van der Waals surface area contributed by atoms with E-state index in [1.165, 1.54) is 0 Å². The summed E-state index contributed by atoms with van der Waals surface area (Å²) in [6.45, 7) is 1.80. The van der Waals surface area contributed by atoms with Gasteiger partial charge in [0.1, 0.15) is 5.69 Å². The molecule has 0 saturated carbocycles. The van der Waals surface area contributed by atoms with Gasteiger partial charge in [-0.1, -0.05) is 29.3 Å². The first kappa shape index (κ1) is 16.7. The fraction of sp³-hybridized carbons (Fsp3) is 0.235. The molecule has 1 aromatic carbocycles. The molecule has 0 radical (unpaired) electrons. The van der Waals surface area contributed by atoms with Gasteiger partial charge in [0, 0.05) is 37.4 Å². The molecular formula is C17H15Cl2N3O2. The highest BCUT2D eigenvalue weighted by Gasteiger charge is 2.26. The molecule has 2 heterocycles. The van der Waals surface area contributed by atoms with Crippen LogP contribution < -0.4 is 0 Å². The van der Waals surface area contributed by atoms with Crippen LogP contribution in [0.3, 0.4) is 0 Å². The normalized spacial score (nSPS) is 14.6. The second-order valence-corrected chi connectivity index (χ2v) is 6.27. The molecule has 2 aromatic rings. The van der Waals surface area contributed by atoms with E-state index in [0.717, 1.165) is 0 Å². The highest BCUT2D eigenvalue weighted by Crippen LogP contribution is 2.22. The number of halogens is 2. The Morgan fingerprint density at radius 2 is 1.58 bits per heavy atom. The number of hydrogen-bond acceptors (Lipinski definition) is 3. The van der Waals surface area contributed by atoms with Crippen molar-refractivity contribution in [3.05, 3.63) is 63.9 Å². The molecule has 0 spiro atoms. The molecule has 1 fully saturated rings. The minimum absolute atomic E-state index is 0.122. The maximum atomic E-state index is 12.6. The average molecular weight is 364 g/mol. The van der Waals surface area contributed by atoms with Gasteiger partial charge >= 0.3 is 0 Å². The minimum Gasteiger partial charge on any atom is -0.335 e. The summed E-state index contributed by atoms with van der Waals surface area (Å²) in [5, 5.41) is 0.836. The predicted molar refractivity (Wildman–Crippen MR) is 92.5 cm³/mol. The van der Waals surface area contributed by atoms with Gasteiger partial charge in [0.2, 0.25) is 0 Å². The summed E-state index contributed by atoms with van der Waals surface area (Å²) in [5.41, 5.74) is 0.795. The van der Waals surface area contributed by atoms with Gasteiger partial charge in [0.05, 0.1) is 10.6 Å². The van der Waals surface area contributed by atoms with Crippen molar-refractivity contribution in [2.24, 2.45) is 0 Å². The molecule has 1 saturated heterocycles. The van der Waals surface area contributed by atoms with E-state index in [0.29, 0.717) is 47.5 Å². The van der Waals surface area contributed by atoms with E-state index in [1.807, 2.05) is 0 Å². The second kappa shape index (κ2) is 7.20. The van der Waals surface area contributed by atoms with Gasteiger partial charge in [-0.25, -0.2) is 0 Å². The van der Waals surface area contributed by atoms with Crippen molar-refractivity contribution in [1.29, 1.82) is 0 Å². The largest absolute Gasteiger partial charge is 0.335 e. The molecule has 1 aromatic heterocycles. The Bertz CT molecular complexity index is 760. The smallest absolute Gasteiger partial charge is 0.272 e. The summed E-state index contributed by atoms with van der Waals surface area (Å²) in [6, 6.07) is 10.1. The highest BCUT2D eigenvalue weighted by atomic mass is 35.5. The molecule has 24 heavy (non-hydrogen) atoms. The zero-order chi connectivity index (χ0) is 17.1. The average Bonchev–Trinajstić information content (AvgIpc) is 2.63. The lowest BCUT2D eigenvalue weighted by Crippen LogP contribution is -2.50. The van der Waals surface area contributed by atoms with Crippen LogP contribution in [0.25, 0.3) is 0 Å². The lowest BCUT2D eigenvalue weighted by atomic mass is 10.1. The van der Waals surface area contributed by atoms with Crippen LogP contribution in [0.2, 0.25) is 10.0 Å². The first-order valence-electron chi connectivity index (χ1n) is 7.51. The minimum atomic E-state index is -0.174. The first-order valence-corrected chi connectivity index (χ1v) is 8.26. The Kier molecular flexibility index (Phi) is 5.02. The lowest BCUT2D eigenvalue weighted by Gasteiger charge is -2.34. The summed E-state index contributed by atoms with van der Waals surface area (Å²) in [5.74, 6) is -0.295. The summed E-state index contributed by atoms with van der Waals surface area (Å²) >= 11 is 12.0. The maximum Gasteiger partial charge on any atom is 0.272 e. The Morgan fingerprint density at radius 1 is 0.917 bits per heavy atom. The monoisotopic (exact) mass is 363 g/mol. The van der Waals surface area contributed by atoms with Crippen molar-refractivity contribution < 1.29 is 9.59 Å². The molecule has 1 aliphatic heterocycles.